The number of hydrogen-bond donors (Lipinski definition) is 2. The van der Waals surface area contributed by atoms with Gasteiger partial charge in [0.25, 0.3) is 0 Å². The molecular formula is C25H28N4O3S2. The van der Waals surface area contributed by atoms with Crippen LogP contribution in [0.2, 0.25) is 0 Å². The van der Waals surface area contributed by atoms with Crippen LogP contribution in [-0.2, 0) is 14.6 Å². The van der Waals surface area contributed by atoms with Crippen LogP contribution in [0.1, 0.15) is 36.9 Å². The summed E-state index contributed by atoms with van der Waals surface area (Å²) in [5.74, 6) is 0.0685. The van der Waals surface area contributed by atoms with E-state index in [4.69, 9.17) is 5.26 Å². The van der Waals surface area contributed by atoms with Gasteiger partial charge in [0.2, 0.25) is 5.91 Å². The average Bonchev–Trinajstić information content (AvgIpc) is 3.34. The average molecular weight is 497 g/mol. The fourth-order valence-electron chi connectivity index (χ4n) is 3.62. The van der Waals surface area contributed by atoms with E-state index in [0.29, 0.717) is 6.42 Å². The van der Waals surface area contributed by atoms with Gasteiger partial charge in [-0.2, -0.15) is 5.26 Å². The van der Waals surface area contributed by atoms with Crippen LogP contribution in [0, 0.1) is 17.2 Å². The number of carbonyl (C=O) groups excluding carboxylic acids is 1. The molecule has 9 heteroatoms. The summed E-state index contributed by atoms with van der Waals surface area (Å²) < 4.78 is 23.4. The second kappa shape index (κ2) is 11.4. The minimum atomic E-state index is -3.24. The van der Waals surface area contributed by atoms with Gasteiger partial charge < -0.3 is 5.32 Å². The van der Waals surface area contributed by atoms with Gasteiger partial charge in [-0.05, 0) is 41.2 Å². The van der Waals surface area contributed by atoms with Crippen LogP contribution in [-0.4, -0.2) is 38.2 Å². The first kappa shape index (κ1) is 25.6. The molecule has 7 nitrogen and oxygen atoms in total. The van der Waals surface area contributed by atoms with E-state index in [1.54, 1.807) is 30.5 Å². The van der Waals surface area contributed by atoms with Gasteiger partial charge in [-0.3, -0.25) is 10.1 Å². The second-order valence-electron chi connectivity index (χ2n) is 8.45. The zero-order chi connectivity index (χ0) is 24.7. The maximum absolute atomic E-state index is 12.7. The number of amides is 1. The summed E-state index contributed by atoms with van der Waals surface area (Å²) in [6, 6.07) is 15.9. The molecule has 1 aromatic heterocycles. The third kappa shape index (κ3) is 6.73. The fraction of sp³-hybridized carbons (Fsp3) is 0.320. The minimum Gasteiger partial charge on any atom is -0.342 e. The number of carbonyl (C=O) groups is 1. The Hall–Kier alpha value is -3.06. The molecule has 1 amide bonds. The Morgan fingerprint density at radius 1 is 1.09 bits per heavy atom. The molecule has 3 aromatic rings. The lowest BCUT2D eigenvalue weighted by molar-refractivity contribution is -0.123. The molecule has 1 unspecified atom stereocenters. The Morgan fingerprint density at radius 3 is 2.21 bits per heavy atom. The summed E-state index contributed by atoms with van der Waals surface area (Å²) in [5.41, 5.74) is 2.81. The van der Waals surface area contributed by atoms with E-state index in [1.165, 1.54) is 17.6 Å². The molecule has 0 radical (unpaired) electrons. The van der Waals surface area contributed by atoms with Crippen molar-refractivity contribution in [2.24, 2.45) is 5.92 Å². The molecule has 2 aromatic carbocycles. The van der Waals surface area contributed by atoms with Gasteiger partial charge >= 0.3 is 0 Å². The van der Waals surface area contributed by atoms with Crippen LogP contribution in [0.4, 0.5) is 0 Å². The molecule has 0 aliphatic rings. The van der Waals surface area contributed by atoms with E-state index in [1.807, 2.05) is 35.7 Å². The van der Waals surface area contributed by atoms with E-state index in [2.05, 4.69) is 29.5 Å². The number of rotatable bonds is 10. The van der Waals surface area contributed by atoms with Crippen molar-refractivity contribution < 1.29 is 13.2 Å². The SMILES string of the molecule is CC(C)CC(N[C@@H](c1ccc(-c2ccc(S(C)(=O)=O)cc2)cc1)c1nccs1)C(=O)NCC#N. The highest BCUT2D eigenvalue weighted by atomic mass is 32.2. The topological polar surface area (TPSA) is 112 Å². The molecule has 1 heterocycles. The molecule has 0 fully saturated rings. The summed E-state index contributed by atoms with van der Waals surface area (Å²) in [7, 11) is -3.24. The number of nitrogens with zero attached hydrogens (tertiary/aromatic N) is 2. The third-order valence-electron chi connectivity index (χ3n) is 5.29. The zero-order valence-corrected chi connectivity index (χ0v) is 21.0. The molecule has 0 saturated carbocycles. The van der Waals surface area contributed by atoms with Crippen molar-refractivity contribution in [3.8, 4) is 17.2 Å². The van der Waals surface area contributed by atoms with Gasteiger partial charge in [0.1, 0.15) is 11.6 Å². The number of nitrogens with one attached hydrogen (secondary N) is 2. The van der Waals surface area contributed by atoms with Gasteiger partial charge in [0.15, 0.2) is 9.84 Å². The van der Waals surface area contributed by atoms with Crippen LogP contribution in [0.3, 0.4) is 0 Å². The summed E-state index contributed by atoms with van der Waals surface area (Å²) in [6.07, 6.45) is 3.54. The molecule has 3 rings (SSSR count). The highest BCUT2D eigenvalue weighted by Crippen LogP contribution is 2.28. The van der Waals surface area contributed by atoms with Gasteiger partial charge in [-0.25, -0.2) is 13.4 Å². The van der Waals surface area contributed by atoms with E-state index in [0.717, 1.165) is 21.7 Å². The van der Waals surface area contributed by atoms with Crippen LogP contribution < -0.4 is 10.6 Å². The predicted octanol–water partition coefficient (Wildman–Crippen LogP) is 3.95. The van der Waals surface area contributed by atoms with Crippen molar-refractivity contribution in [1.82, 2.24) is 15.6 Å². The largest absolute Gasteiger partial charge is 0.342 e. The number of benzene rings is 2. The zero-order valence-electron chi connectivity index (χ0n) is 19.4. The maximum atomic E-state index is 12.7. The van der Waals surface area contributed by atoms with Crippen LogP contribution in [0.5, 0.6) is 0 Å². The van der Waals surface area contributed by atoms with Crippen molar-refractivity contribution in [2.75, 3.05) is 12.8 Å². The molecule has 0 aliphatic heterocycles. The fourth-order valence-corrected chi connectivity index (χ4v) is 4.98. The Balaban J connectivity index is 1.88. The molecular weight excluding hydrogens is 468 g/mol. The first-order chi connectivity index (χ1) is 16.2. The van der Waals surface area contributed by atoms with Gasteiger partial charge in [-0.1, -0.05) is 50.2 Å². The Labute approximate surface area is 204 Å². The van der Waals surface area contributed by atoms with Crippen molar-refractivity contribution >= 4 is 27.1 Å². The summed E-state index contributed by atoms with van der Waals surface area (Å²) >= 11 is 1.51. The monoisotopic (exact) mass is 496 g/mol. The first-order valence-corrected chi connectivity index (χ1v) is 13.7. The molecule has 0 spiro atoms. The van der Waals surface area contributed by atoms with Crippen molar-refractivity contribution in [3.63, 3.8) is 0 Å². The summed E-state index contributed by atoms with van der Waals surface area (Å²) in [6.45, 7) is 4.06. The molecule has 0 saturated heterocycles. The quantitative estimate of drug-likeness (QED) is 0.411. The van der Waals surface area contributed by atoms with Crippen LogP contribution >= 0.6 is 11.3 Å². The van der Waals surface area contributed by atoms with E-state index >= 15 is 0 Å². The number of thiazole rings is 1. The minimum absolute atomic E-state index is 0.0379. The van der Waals surface area contributed by atoms with Crippen molar-refractivity contribution in [2.45, 2.75) is 37.2 Å². The molecule has 0 bridgehead atoms. The standard InChI is InChI=1S/C25H28N4O3S2/c1-17(2)16-22(24(30)27-13-12-26)29-23(25-28-14-15-33-25)20-6-4-18(5-7-20)19-8-10-21(11-9-19)34(3,31)32/h4-11,14-15,17,22-23,29H,13,16H2,1-3H3,(H,27,30)/t22?,23-/m0/s1. The van der Waals surface area contributed by atoms with Crippen molar-refractivity contribution in [3.05, 3.63) is 70.7 Å². The lowest BCUT2D eigenvalue weighted by atomic mass is 9.98. The maximum Gasteiger partial charge on any atom is 0.237 e. The van der Waals surface area contributed by atoms with Crippen LogP contribution in [0.25, 0.3) is 11.1 Å². The number of sulfone groups is 1. The normalized spacial score (nSPS) is 13.3. The summed E-state index contributed by atoms with van der Waals surface area (Å²) in [4.78, 5) is 17.5. The number of hydrogen-bond acceptors (Lipinski definition) is 7. The molecule has 0 aliphatic carbocycles. The number of nitriles is 1. The lowest BCUT2D eigenvalue weighted by Gasteiger charge is -2.25. The highest BCUT2D eigenvalue weighted by Gasteiger charge is 2.26. The first-order valence-electron chi connectivity index (χ1n) is 10.9. The molecule has 178 valence electrons. The molecule has 34 heavy (non-hydrogen) atoms. The van der Waals surface area contributed by atoms with Gasteiger partial charge in [0, 0.05) is 17.8 Å². The Bertz CT molecular complexity index is 1230. The lowest BCUT2D eigenvalue weighted by Crippen LogP contribution is -2.46. The smallest absolute Gasteiger partial charge is 0.237 e. The van der Waals surface area contributed by atoms with E-state index in [9.17, 15) is 13.2 Å². The van der Waals surface area contributed by atoms with Gasteiger partial charge in [-0.15, -0.1) is 11.3 Å². The van der Waals surface area contributed by atoms with E-state index < -0.39 is 15.9 Å². The number of aromatic nitrogens is 1. The predicted molar refractivity (Wildman–Crippen MR) is 134 cm³/mol. The van der Waals surface area contributed by atoms with Crippen LogP contribution in [0.15, 0.2) is 65.0 Å². The second-order valence-corrected chi connectivity index (χ2v) is 11.4. The molecule has 2 N–H and O–H groups in total. The van der Waals surface area contributed by atoms with Crippen molar-refractivity contribution in [1.29, 1.82) is 5.26 Å². The third-order valence-corrected chi connectivity index (χ3v) is 7.26. The summed E-state index contributed by atoms with van der Waals surface area (Å²) in [5, 5.41) is 17.7. The molecule has 2 atom stereocenters. The Morgan fingerprint density at radius 2 is 1.71 bits per heavy atom. The Kier molecular flexibility index (Phi) is 8.56. The highest BCUT2D eigenvalue weighted by molar-refractivity contribution is 7.90. The van der Waals surface area contributed by atoms with Gasteiger partial charge in [0.05, 0.1) is 23.0 Å². The van der Waals surface area contributed by atoms with E-state index in [-0.39, 0.29) is 29.3 Å².